The Morgan fingerprint density at radius 1 is 1.15 bits per heavy atom. The molecule has 0 spiro atoms. The van der Waals surface area contributed by atoms with E-state index in [0.717, 1.165) is 24.8 Å². The van der Waals surface area contributed by atoms with Gasteiger partial charge < -0.3 is 19.9 Å². The zero-order chi connectivity index (χ0) is 19.2. The van der Waals surface area contributed by atoms with E-state index >= 15 is 0 Å². The Kier molecular flexibility index (Phi) is 6.89. The number of amides is 1. The van der Waals surface area contributed by atoms with Crippen LogP contribution in [0.1, 0.15) is 44.6 Å². The maximum atomic E-state index is 12.5. The van der Waals surface area contributed by atoms with E-state index in [1.54, 1.807) is 14.2 Å². The molecule has 0 bridgehead atoms. The van der Waals surface area contributed by atoms with Crippen molar-refractivity contribution in [2.45, 2.75) is 45.4 Å². The molecule has 1 aliphatic rings. The van der Waals surface area contributed by atoms with E-state index in [2.05, 4.69) is 5.32 Å². The molecule has 1 saturated carbocycles. The molecule has 1 aromatic carbocycles. The zero-order valence-corrected chi connectivity index (χ0v) is 15.8. The zero-order valence-electron chi connectivity index (χ0n) is 15.8. The Morgan fingerprint density at radius 2 is 1.81 bits per heavy atom. The number of hydrogen-bond acceptors (Lipinski definition) is 4. The van der Waals surface area contributed by atoms with Crippen LogP contribution in [0.4, 0.5) is 0 Å². The molecule has 6 heteroatoms. The Labute approximate surface area is 154 Å². The van der Waals surface area contributed by atoms with Gasteiger partial charge in [-0.2, -0.15) is 0 Å². The lowest BCUT2D eigenvalue weighted by molar-refractivity contribution is -0.151. The minimum atomic E-state index is -0.809. The molecule has 144 valence electrons. The van der Waals surface area contributed by atoms with Crippen LogP contribution >= 0.6 is 0 Å². The predicted octanol–water partition coefficient (Wildman–Crippen LogP) is 3.03. The Hall–Kier alpha value is -2.24. The van der Waals surface area contributed by atoms with Gasteiger partial charge in [0, 0.05) is 12.5 Å². The monoisotopic (exact) mass is 363 g/mol. The first kappa shape index (κ1) is 20.1. The van der Waals surface area contributed by atoms with Gasteiger partial charge in [0.15, 0.2) is 11.5 Å². The van der Waals surface area contributed by atoms with Crippen molar-refractivity contribution in [3.05, 3.63) is 23.8 Å². The van der Waals surface area contributed by atoms with Gasteiger partial charge in [-0.05, 0) is 37.0 Å². The number of carbonyl (C=O) groups excluding carboxylic acids is 1. The van der Waals surface area contributed by atoms with Crippen molar-refractivity contribution in [2.24, 2.45) is 11.3 Å². The number of carboxylic acids is 1. The minimum absolute atomic E-state index is 0.119. The van der Waals surface area contributed by atoms with Crippen LogP contribution in [0.5, 0.6) is 11.5 Å². The number of rotatable bonds is 8. The molecule has 0 aliphatic heterocycles. The summed E-state index contributed by atoms with van der Waals surface area (Å²) in [6.07, 6.45) is 4.69. The van der Waals surface area contributed by atoms with Crippen LogP contribution in [0.25, 0.3) is 0 Å². The molecule has 1 aromatic rings. The van der Waals surface area contributed by atoms with E-state index in [4.69, 9.17) is 9.47 Å². The molecule has 2 N–H and O–H groups in total. The molecule has 1 atom stereocenters. The van der Waals surface area contributed by atoms with Gasteiger partial charge in [-0.25, -0.2) is 0 Å². The van der Waals surface area contributed by atoms with Gasteiger partial charge in [0.2, 0.25) is 5.91 Å². The maximum Gasteiger partial charge on any atom is 0.311 e. The third kappa shape index (κ3) is 4.68. The standard InChI is InChI=1S/C20H29NO5/c1-14(11-15-7-8-16(25-2)17(12-15)26-3)18(22)21-13-20(19(23)24)9-5-4-6-10-20/h7-8,12,14H,4-6,9-11,13H2,1-3H3,(H,21,22)(H,23,24). The largest absolute Gasteiger partial charge is 0.493 e. The second-order valence-electron chi connectivity index (χ2n) is 7.16. The average Bonchev–Trinajstić information content (AvgIpc) is 2.66. The highest BCUT2D eigenvalue weighted by atomic mass is 16.5. The van der Waals surface area contributed by atoms with E-state index in [9.17, 15) is 14.7 Å². The molecule has 6 nitrogen and oxygen atoms in total. The number of methoxy groups -OCH3 is 2. The second kappa shape index (κ2) is 8.92. The van der Waals surface area contributed by atoms with Crippen molar-refractivity contribution in [3.63, 3.8) is 0 Å². The van der Waals surface area contributed by atoms with Gasteiger partial charge in [0.1, 0.15) is 0 Å². The predicted molar refractivity (Wildman–Crippen MR) is 98.6 cm³/mol. The summed E-state index contributed by atoms with van der Waals surface area (Å²) in [6.45, 7) is 2.05. The average molecular weight is 363 g/mol. The first-order chi connectivity index (χ1) is 12.4. The Morgan fingerprint density at radius 3 is 2.38 bits per heavy atom. The van der Waals surface area contributed by atoms with Gasteiger partial charge in [-0.3, -0.25) is 9.59 Å². The van der Waals surface area contributed by atoms with Crippen molar-refractivity contribution in [1.29, 1.82) is 0 Å². The van der Waals surface area contributed by atoms with Crippen LogP contribution in [0.3, 0.4) is 0 Å². The molecule has 26 heavy (non-hydrogen) atoms. The quantitative estimate of drug-likeness (QED) is 0.741. The molecule has 1 aliphatic carbocycles. The second-order valence-corrected chi connectivity index (χ2v) is 7.16. The first-order valence-electron chi connectivity index (χ1n) is 9.14. The smallest absolute Gasteiger partial charge is 0.311 e. The van der Waals surface area contributed by atoms with E-state index < -0.39 is 11.4 Å². The number of hydrogen-bond donors (Lipinski definition) is 2. The lowest BCUT2D eigenvalue weighted by atomic mass is 9.74. The number of aliphatic carboxylic acids is 1. The van der Waals surface area contributed by atoms with Gasteiger partial charge in [0.05, 0.1) is 19.6 Å². The van der Waals surface area contributed by atoms with Crippen LogP contribution in [-0.2, 0) is 16.0 Å². The lowest BCUT2D eigenvalue weighted by Gasteiger charge is -2.33. The maximum absolute atomic E-state index is 12.5. The highest BCUT2D eigenvalue weighted by molar-refractivity contribution is 5.80. The molecule has 0 heterocycles. The van der Waals surface area contributed by atoms with Gasteiger partial charge in [-0.1, -0.05) is 32.3 Å². The molecular formula is C20H29NO5. The van der Waals surface area contributed by atoms with Crippen LogP contribution < -0.4 is 14.8 Å². The van der Waals surface area contributed by atoms with Crippen molar-refractivity contribution < 1.29 is 24.2 Å². The van der Waals surface area contributed by atoms with E-state index in [1.165, 1.54) is 0 Å². The molecule has 1 fully saturated rings. The number of carboxylic acid groups (broad SMARTS) is 1. The number of nitrogens with one attached hydrogen (secondary N) is 1. The molecule has 0 saturated heterocycles. The number of carbonyl (C=O) groups is 2. The summed E-state index contributed by atoms with van der Waals surface area (Å²) >= 11 is 0. The molecule has 0 aromatic heterocycles. The van der Waals surface area contributed by atoms with Crippen LogP contribution in [0, 0.1) is 11.3 Å². The summed E-state index contributed by atoms with van der Waals surface area (Å²) in [5, 5.41) is 12.5. The van der Waals surface area contributed by atoms with Gasteiger partial charge in [-0.15, -0.1) is 0 Å². The lowest BCUT2D eigenvalue weighted by Crippen LogP contribution is -2.45. The SMILES string of the molecule is COc1ccc(CC(C)C(=O)NCC2(C(=O)O)CCCCC2)cc1OC. The van der Waals surface area contributed by atoms with Crippen molar-refractivity contribution in [2.75, 3.05) is 20.8 Å². The van der Waals surface area contributed by atoms with Gasteiger partial charge >= 0.3 is 5.97 Å². The van der Waals surface area contributed by atoms with Crippen LogP contribution in [-0.4, -0.2) is 37.7 Å². The summed E-state index contributed by atoms with van der Waals surface area (Å²) in [5.74, 6) is 0.0947. The highest BCUT2D eigenvalue weighted by Crippen LogP contribution is 2.36. The molecule has 1 unspecified atom stereocenters. The van der Waals surface area contributed by atoms with Crippen molar-refractivity contribution in [1.82, 2.24) is 5.32 Å². The van der Waals surface area contributed by atoms with Crippen LogP contribution in [0.15, 0.2) is 18.2 Å². The van der Waals surface area contributed by atoms with Crippen molar-refractivity contribution >= 4 is 11.9 Å². The molecular weight excluding hydrogens is 334 g/mol. The molecule has 0 radical (unpaired) electrons. The fourth-order valence-corrected chi connectivity index (χ4v) is 3.58. The Bertz CT molecular complexity index is 637. The molecule has 2 rings (SSSR count). The number of benzene rings is 1. The van der Waals surface area contributed by atoms with E-state index in [-0.39, 0.29) is 18.4 Å². The summed E-state index contributed by atoms with van der Waals surface area (Å²) in [7, 11) is 3.16. The normalized spacial score (nSPS) is 17.2. The van der Waals surface area contributed by atoms with E-state index in [1.807, 2.05) is 25.1 Å². The fraction of sp³-hybridized carbons (Fsp3) is 0.600. The Balaban J connectivity index is 1.96. The first-order valence-corrected chi connectivity index (χ1v) is 9.14. The summed E-state index contributed by atoms with van der Waals surface area (Å²) in [5.41, 5.74) is 0.160. The number of ether oxygens (including phenoxy) is 2. The summed E-state index contributed by atoms with van der Waals surface area (Å²) in [6, 6.07) is 5.59. The fourth-order valence-electron chi connectivity index (χ4n) is 3.58. The third-order valence-corrected chi connectivity index (χ3v) is 5.30. The van der Waals surface area contributed by atoms with Gasteiger partial charge in [0.25, 0.3) is 0 Å². The summed E-state index contributed by atoms with van der Waals surface area (Å²) < 4.78 is 10.5. The topological polar surface area (TPSA) is 84.9 Å². The minimum Gasteiger partial charge on any atom is -0.493 e. The van der Waals surface area contributed by atoms with Crippen LogP contribution in [0.2, 0.25) is 0 Å². The summed E-state index contributed by atoms with van der Waals surface area (Å²) in [4.78, 5) is 24.2. The highest BCUT2D eigenvalue weighted by Gasteiger charge is 2.40. The van der Waals surface area contributed by atoms with E-state index in [0.29, 0.717) is 30.8 Å². The molecule has 1 amide bonds. The van der Waals surface area contributed by atoms with Crippen molar-refractivity contribution in [3.8, 4) is 11.5 Å². The third-order valence-electron chi connectivity index (χ3n) is 5.30.